The Labute approximate surface area is 130 Å². The number of carbonyl (C=O) groups is 1. The van der Waals surface area contributed by atoms with E-state index >= 15 is 0 Å². The molecule has 0 aromatic carbocycles. The lowest BCUT2D eigenvalue weighted by molar-refractivity contribution is -0.142. The lowest BCUT2D eigenvalue weighted by Gasteiger charge is -2.26. The molecule has 0 unspecified atom stereocenters. The predicted octanol–water partition coefficient (Wildman–Crippen LogP) is 2.74. The van der Waals surface area contributed by atoms with Crippen molar-refractivity contribution in [2.24, 2.45) is 5.92 Å². The fraction of sp³-hybridized carbons (Fsp3) is 0.583. The Balaban J connectivity index is 2.03. The molecule has 20 heavy (non-hydrogen) atoms. The molecule has 8 heteroatoms. The van der Waals surface area contributed by atoms with E-state index in [1.54, 1.807) is 13.0 Å². The Kier molecular flexibility index (Phi) is 4.88. The maximum Gasteiger partial charge on any atom is 0.306 e. The van der Waals surface area contributed by atoms with Gasteiger partial charge in [0.15, 0.2) is 0 Å². The number of aryl methyl sites for hydroxylation is 1. The fourth-order valence-electron chi connectivity index (χ4n) is 2.44. The van der Waals surface area contributed by atoms with Gasteiger partial charge in [0.25, 0.3) is 0 Å². The molecule has 1 heterocycles. The Morgan fingerprint density at radius 1 is 1.40 bits per heavy atom. The number of halogens is 1. The third-order valence-electron chi connectivity index (χ3n) is 3.53. The number of carboxylic acids is 1. The number of thiophene rings is 1. The van der Waals surface area contributed by atoms with E-state index in [-0.39, 0.29) is 12.0 Å². The fourth-order valence-corrected chi connectivity index (χ4v) is 6.16. The minimum Gasteiger partial charge on any atom is -0.481 e. The highest BCUT2D eigenvalue weighted by molar-refractivity contribution is 9.11. The van der Waals surface area contributed by atoms with Gasteiger partial charge in [-0.2, -0.15) is 0 Å². The van der Waals surface area contributed by atoms with Gasteiger partial charge in [-0.1, -0.05) is 0 Å². The molecule has 1 saturated carbocycles. The molecule has 1 aromatic heterocycles. The van der Waals surface area contributed by atoms with E-state index in [0.717, 1.165) is 8.66 Å². The maximum atomic E-state index is 12.3. The van der Waals surface area contributed by atoms with Crippen molar-refractivity contribution in [1.29, 1.82) is 0 Å². The van der Waals surface area contributed by atoms with Crippen LogP contribution in [-0.2, 0) is 14.8 Å². The van der Waals surface area contributed by atoms with Crippen molar-refractivity contribution in [2.75, 3.05) is 0 Å². The zero-order chi connectivity index (χ0) is 14.9. The van der Waals surface area contributed by atoms with Crippen LogP contribution < -0.4 is 4.72 Å². The van der Waals surface area contributed by atoms with Gasteiger partial charge in [0.1, 0.15) is 0 Å². The molecule has 0 bridgehead atoms. The van der Waals surface area contributed by atoms with Crippen molar-refractivity contribution in [1.82, 2.24) is 4.72 Å². The minimum atomic E-state index is -3.52. The highest BCUT2D eigenvalue weighted by Gasteiger charge is 2.29. The Bertz CT molecular complexity index is 603. The number of hydrogen-bond acceptors (Lipinski definition) is 4. The maximum absolute atomic E-state index is 12.3. The lowest BCUT2D eigenvalue weighted by atomic mass is 9.87. The normalized spacial score (nSPS) is 23.7. The first-order chi connectivity index (χ1) is 9.29. The van der Waals surface area contributed by atoms with E-state index in [2.05, 4.69) is 20.7 Å². The Morgan fingerprint density at radius 3 is 2.45 bits per heavy atom. The van der Waals surface area contributed by atoms with Gasteiger partial charge >= 0.3 is 5.97 Å². The molecule has 0 amide bonds. The summed E-state index contributed by atoms with van der Waals surface area (Å²) in [4.78, 5) is 11.9. The number of aliphatic carboxylic acids is 1. The highest BCUT2D eigenvalue weighted by atomic mass is 79.9. The summed E-state index contributed by atoms with van der Waals surface area (Å²) in [5.74, 6) is -1.13. The molecule has 0 aliphatic heterocycles. The first-order valence-corrected chi connectivity index (χ1v) is 9.40. The number of sulfonamides is 1. The van der Waals surface area contributed by atoms with Gasteiger partial charge in [-0.3, -0.25) is 4.79 Å². The summed E-state index contributed by atoms with van der Waals surface area (Å²) in [6.45, 7) is 1.77. The first kappa shape index (κ1) is 15.9. The first-order valence-electron chi connectivity index (χ1n) is 6.30. The second-order valence-corrected chi connectivity index (χ2v) is 9.30. The van der Waals surface area contributed by atoms with Gasteiger partial charge in [-0.15, -0.1) is 11.3 Å². The van der Waals surface area contributed by atoms with Crippen LogP contribution >= 0.6 is 27.3 Å². The van der Waals surface area contributed by atoms with Crippen molar-refractivity contribution in [3.63, 3.8) is 0 Å². The molecule has 2 N–H and O–H groups in total. The second-order valence-electron chi connectivity index (χ2n) is 4.98. The van der Waals surface area contributed by atoms with Gasteiger partial charge in [0.2, 0.25) is 10.0 Å². The second kappa shape index (κ2) is 6.13. The van der Waals surface area contributed by atoms with Gasteiger partial charge in [-0.05, 0) is 54.6 Å². The van der Waals surface area contributed by atoms with Crippen LogP contribution in [0.4, 0.5) is 0 Å². The van der Waals surface area contributed by atoms with Crippen molar-refractivity contribution in [3.8, 4) is 0 Å². The van der Waals surface area contributed by atoms with E-state index in [4.69, 9.17) is 5.11 Å². The smallest absolute Gasteiger partial charge is 0.306 e. The summed E-state index contributed by atoms with van der Waals surface area (Å²) in [5.41, 5.74) is 0. The summed E-state index contributed by atoms with van der Waals surface area (Å²) in [6, 6.07) is 1.43. The summed E-state index contributed by atoms with van der Waals surface area (Å²) < 4.78 is 28.1. The number of carboxylic acid groups (broad SMARTS) is 1. The predicted molar refractivity (Wildman–Crippen MR) is 80.5 cm³/mol. The van der Waals surface area contributed by atoms with E-state index in [9.17, 15) is 13.2 Å². The van der Waals surface area contributed by atoms with Crippen LogP contribution in [0.1, 0.15) is 30.6 Å². The monoisotopic (exact) mass is 381 g/mol. The van der Waals surface area contributed by atoms with E-state index < -0.39 is 16.0 Å². The third-order valence-corrected chi connectivity index (χ3v) is 6.86. The van der Waals surface area contributed by atoms with Crippen LogP contribution in [0.5, 0.6) is 0 Å². The zero-order valence-corrected chi connectivity index (χ0v) is 14.1. The average Bonchev–Trinajstić information content (AvgIpc) is 2.69. The van der Waals surface area contributed by atoms with E-state index in [1.165, 1.54) is 11.3 Å². The molecule has 112 valence electrons. The van der Waals surface area contributed by atoms with Crippen molar-refractivity contribution >= 4 is 43.3 Å². The largest absolute Gasteiger partial charge is 0.481 e. The summed E-state index contributed by atoms with van der Waals surface area (Å²) in [5, 5.41) is 8.93. The van der Waals surface area contributed by atoms with Crippen molar-refractivity contribution < 1.29 is 18.3 Å². The highest BCUT2D eigenvalue weighted by Crippen LogP contribution is 2.31. The SMILES string of the molecule is Cc1sc(Br)cc1S(=O)(=O)NC1CCC(C(=O)O)CC1. The van der Waals surface area contributed by atoms with Crippen LogP contribution in [0, 0.1) is 12.8 Å². The summed E-state index contributed by atoms with van der Waals surface area (Å²) >= 11 is 4.67. The molecular weight excluding hydrogens is 366 g/mol. The van der Waals surface area contributed by atoms with Crippen LogP contribution in [0.25, 0.3) is 0 Å². The minimum absolute atomic E-state index is 0.173. The topological polar surface area (TPSA) is 83.5 Å². The number of nitrogens with one attached hydrogen (secondary N) is 1. The summed E-state index contributed by atoms with van der Waals surface area (Å²) in [7, 11) is -3.52. The van der Waals surface area contributed by atoms with Crippen LogP contribution in [0.3, 0.4) is 0 Å². The van der Waals surface area contributed by atoms with Gasteiger partial charge in [-0.25, -0.2) is 13.1 Å². The van der Waals surface area contributed by atoms with Crippen LogP contribution in [-0.4, -0.2) is 25.5 Å². The molecule has 0 radical (unpaired) electrons. The molecule has 1 aromatic rings. The molecule has 0 spiro atoms. The van der Waals surface area contributed by atoms with Gasteiger partial charge < -0.3 is 5.11 Å². The van der Waals surface area contributed by atoms with Gasteiger partial charge in [0, 0.05) is 10.9 Å². The quantitative estimate of drug-likeness (QED) is 0.839. The standard InChI is InChI=1S/C12H16BrNO4S2/c1-7-10(6-11(13)19-7)20(17,18)14-9-4-2-8(3-5-9)12(15)16/h6,8-9,14H,2-5H2,1H3,(H,15,16). The molecule has 2 rings (SSSR count). The molecule has 1 aliphatic carbocycles. The lowest BCUT2D eigenvalue weighted by Crippen LogP contribution is -2.38. The Hall–Kier alpha value is -0.440. The molecule has 5 nitrogen and oxygen atoms in total. The molecular formula is C12H16BrNO4S2. The van der Waals surface area contributed by atoms with Crippen LogP contribution in [0.15, 0.2) is 14.7 Å². The third kappa shape index (κ3) is 3.60. The molecule has 0 saturated heterocycles. The van der Waals surface area contributed by atoms with Crippen molar-refractivity contribution in [3.05, 3.63) is 14.7 Å². The molecule has 0 atom stereocenters. The average molecular weight is 382 g/mol. The Morgan fingerprint density at radius 2 is 2.00 bits per heavy atom. The van der Waals surface area contributed by atoms with E-state index in [0.29, 0.717) is 30.6 Å². The van der Waals surface area contributed by atoms with Crippen molar-refractivity contribution in [2.45, 2.75) is 43.5 Å². The molecule has 1 fully saturated rings. The molecule has 1 aliphatic rings. The number of hydrogen-bond donors (Lipinski definition) is 2. The van der Waals surface area contributed by atoms with Crippen LogP contribution in [0.2, 0.25) is 0 Å². The van der Waals surface area contributed by atoms with Gasteiger partial charge in [0.05, 0.1) is 14.6 Å². The summed E-state index contributed by atoms with van der Waals surface area (Å²) in [6.07, 6.45) is 2.19. The van der Waals surface area contributed by atoms with E-state index in [1.807, 2.05) is 0 Å². The number of rotatable bonds is 4. The zero-order valence-electron chi connectivity index (χ0n) is 10.9.